The van der Waals surface area contributed by atoms with Crippen molar-refractivity contribution >= 4 is 5.91 Å². The van der Waals surface area contributed by atoms with Crippen molar-refractivity contribution in [3.05, 3.63) is 53.3 Å². The number of amides is 1. The number of carbonyl (C=O) groups is 1. The molecule has 1 amide bonds. The zero-order valence-corrected chi connectivity index (χ0v) is 13.2. The SMILES string of the molecule is Cc1cccc(CN2CCN(C(=O)c3ccn(C)n3)CC2)c1. The summed E-state index contributed by atoms with van der Waals surface area (Å²) < 4.78 is 1.67. The van der Waals surface area contributed by atoms with Gasteiger partial charge in [0, 0.05) is 46.0 Å². The summed E-state index contributed by atoms with van der Waals surface area (Å²) in [6.07, 6.45) is 1.81. The molecule has 2 heterocycles. The summed E-state index contributed by atoms with van der Waals surface area (Å²) in [4.78, 5) is 16.7. The molecule has 2 aromatic rings. The molecule has 0 aliphatic carbocycles. The summed E-state index contributed by atoms with van der Waals surface area (Å²) >= 11 is 0. The number of benzene rings is 1. The van der Waals surface area contributed by atoms with Crippen LogP contribution < -0.4 is 0 Å². The van der Waals surface area contributed by atoms with E-state index in [-0.39, 0.29) is 5.91 Å². The van der Waals surface area contributed by atoms with E-state index in [2.05, 4.69) is 41.2 Å². The highest BCUT2D eigenvalue weighted by Crippen LogP contribution is 2.12. The van der Waals surface area contributed by atoms with Crippen LogP contribution in [0, 0.1) is 6.92 Å². The Morgan fingerprint density at radius 1 is 1.18 bits per heavy atom. The number of carbonyl (C=O) groups excluding carboxylic acids is 1. The van der Waals surface area contributed by atoms with Crippen LogP contribution in [0.1, 0.15) is 21.6 Å². The molecular formula is C17H22N4O. The summed E-state index contributed by atoms with van der Waals surface area (Å²) in [6, 6.07) is 10.4. The van der Waals surface area contributed by atoms with E-state index in [4.69, 9.17) is 0 Å². The number of hydrogen-bond acceptors (Lipinski definition) is 3. The van der Waals surface area contributed by atoms with Crippen molar-refractivity contribution in [3.8, 4) is 0 Å². The fourth-order valence-electron chi connectivity index (χ4n) is 2.87. The fourth-order valence-corrected chi connectivity index (χ4v) is 2.87. The van der Waals surface area contributed by atoms with Crippen LogP contribution >= 0.6 is 0 Å². The predicted octanol–water partition coefficient (Wildman–Crippen LogP) is 1.69. The lowest BCUT2D eigenvalue weighted by atomic mass is 10.1. The van der Waals surface area contributed by atoms with Gasteiger partial charge < -0.3 is 4.90 Å². The van der Waals surface area contributed by atoms with E-state index in [1.165, 1.54) is 11.1 Å². The second-order valence-electron chi connectivity index (χ2n) is 5.93. The molecule has 116 valence electrons. The molecule has 1 aromatic carbocycles. The minimum Gasteiger partial charge on any atom is -0.335 e. The highest BCUT2D eigenvalue weighted by atomic mass is 16.2. The number of nitrogens with zero attached hydrogens (tertiary/aromatic N) is 4. The highest BCUT2D eigenvalue weighted by Gasteiger charge is 2.23. The van der Waals surface area contributed by atoms with Crippen molar-refractivity contribution in [2.75, 3.05) is 26.2 Å². The van der Waals surface area contributed by atoms with E-state index < -0.39 is 0 Å². The van der Waals surface area contributed by atoms with Crippen LogP contribution in [0.4, 0.5) is 0 Å². The van der Waals surface area contributed by atoms with Gasteiger partial charge in [0.2, 0.25) is 0 Å². The minimum atomic E-state index is 0.0378. The van der Waals surface area contributed by atoms with Gasteiger partial charge in [0.25, 0.3) is 5.91 Å². The van der Waals surface area contributed by atoms with Gasteiger partial charge in [-0.15, -0.1) is 0 Å². The maximum Gasteiger partial charge on any atom is 0.274 e. The Labute approximate surface area is 131 Å². The van der Waals surface area contributed by atoms with Crippen molar-refractivity contribution in [1.29, 1.82) is 0 Å². The van der Waals surface area contributed by atoms with Crippen molar-refractivity contribution < 1.29 is 4.79 Å². The molecule has 22 heavy (non-hydrogen) atoms. The molecule has 1 aliphatic rings. The summed E-state index contributed by atoms with van der Waals surface area (Å²) in [7, 11) is 1.83. The van der Waals surface area contributed by atoms with Crippen molar-refractivity contribution in [2.45, 2.75) is 13.5 Å². The number of rotatable bonds is 3. The van der Waals surface area contributed by atoms with Crippen LogP contribution in [0.15, 0.2) is 36.5 Å². The molecule has 0 bridgehead atoms. The number of aryl methyl sites for hydroxylation is 2. The van der Waals surface area contributed by atoms with Crippen LogP contribution in [0.2, 0.25) is 0 Å². The van der Waals surface area contributed by atoms with Crippen LogP contribution in [0.3, 0.4) is 0 Å². The van der Waals surface area contributed by atoms with Gasteiger partial charge in [-0.2, -0.15) is 5.10 Å². The van der Waals surface area contributed by atoms with E-state index >= 15 is 0 Å². The first-order chi connectivity index (χ1) is 10.6. The molecule has 0 N–H and O–H groups in total. The molecule has 1 aliphatic heterocycles. The maximum absolute atomic E-state index is 12.4. The molecule has 1 aromatic heterocycles. The third-order valence-corrected chi connectivity index (χ3v) is 4.08. The Hall–Kier alpha value is -2.14. The first kappa shape index (κ1) is 14.8. The summed E-state index contributed by atoms with van der Waals surface area (Å²) in [5.41, 5.74) is 3.17. The van der Waals surface area contributed by atoms with Gasteiger partial charge >= 0.3 is 0 Å². The van der Waals surface area contributed by atoms with Crippen molar-refractivity contribution in [3.63, 3.8) is 0 Å². The van der Waals surface area contributed by atoms with Gasteiger partial charge in [0.05, 0.1) is 0 Å². The topological polar surface area (TPSA) is 41.4 Å². The molecule has 0 radical (unpaired) electrons. The lowest BCUT2D eigenvalue weighted by Crippen LogP contribution is -2.48. The Morgan fingerprint density at radius 3 is 2.59 bits per heavy atom. The molecule has 0 atom stereocenters. The summed E-state index contributed by atoms with van der Waals surface area (Å²) in [5, 5.41) is 4.19. The monoisotopic (exact) mass is 298 g/mol. The smallest absolute Gasteiger partial charge is 0.274 e. The second kappa shape index (κ2) is 6.32. The minimum absolute atomic E-state index is 0.0378. The van der Waals surface area contributed by atoms with E-state index in [0.29, 0.717) is 5.69 Å². The van der Waals surface area contributed by atoms with Gasteiger partial charge in [-0.25, -0.2) is 0 Å². The number of aromatic nitrogens is 2. The zero-order valence-electron chi connectivity index (χ0n) is 13.2. The zero-order chi connectivity index (χ0) is 15.5. The summed E-state index contributed by atoms with van der Waals surface area (Å²) in [5.74, 6) is 0.0378. The Kier molecular flexibility index (Phi) is 4.24. The number of hydrogen-bond donors (Lipinski definition) is 0. The lowest BCUT2D eigenvalue weighted by molar-refractivity contribution is 0.0622. The Bertz CT molecular complexity index is 656. The first-order valence-electron chi connectivity index (χ1n) is 7.68. The quantitative estimate of drug-likeness (QED) is 0.866. The van der Waals surface area contributed by atoms with Crippen LogP contribution in [0.25, 0.3) is 0 Å². The number of piperazine rings is 1. The molecular weight excluding hydrogens is 276 g/mol. The first-order valence-corrected chi connectivity index (χ1v) is 7.68. The van der Waals surface area contributed by atoms with E-state index in [1.807, 2.05) is 11.9 Å². The van der Waals surface area contributed by atoms with E-state index in [0.717, 1.165) is 32.7 Å². The van der Waals surface area contributed by atoms with Gasteiger partial charge in [0.1, 0.15) is 5.69 Å². The summed E-state index contributed by atoms with van der Waals surface area (Å²) in [6.45, 7) is 6.42. The van der Waals surface area contributed by atoms with Crippen molar-refractivity contribution in [1.82, 2.24) is 19.6 Å². The molecule has 5 nitrogen and oxygen atoms in total. The normalized spacial score (nSPS) is 16.0. The Balaban J connectivity index is 1.55. The highest BCUT2D eigenvalue weighted by molar-refractivity contribution is 5.92. The largest absolute Gasteiger partial charge is 0.335 e. The van der Waals surface area contributed by atoms with Crippen LogP contribution in [0.5, 0.6) is 0 Å². The van der Waals surface area contributed by atoms with E-state index in [9.17, 15) is 4.79 Å². The van der Waals surface area contributed by atoms with Gasteiger partial charge in [-0.3, -0.25) is 14.4 Å². The Morgan fingerprint density at radius 2 is 1.95 bits per heavy atom. The van der Waals surface area contributed by atoms with Crippen molar-refractivity contribution in [2.24, 2.45) is 7.05 Å². The third kappa shape index (κ3) is 3.36. The molecule has 1 fully saturated rings. The maximum atomic E-state index is 12.4. The molecule has 3 rings (SSSR count). The second-order valence-corrected chi connectivity index (χ2v) is 5.93. The fraction of sp³-hybridized carbons (Fsp3) is 0.412. The van der Waals surface area contributed by atoms with Gasteiger partial charge in [-0.05, 0) is 18.6 Å². The van der Waals surface area contributed by atoms with E-state index in [1.54, 1.807) is 16.9 Å². The lowest BCUT2D eigenvalue weighted by Gasteiger charge is -2.34. The molecule has 5 heteroatoms. The predicted molar refractivity (Wildman–Crippen MR) is 85.6 cm³/mol. The van der Waals surface area contributed by atoms with Gasteiger partial charge in [-0.1, -0.05) is 29.8 Å². The van der Waals surface area contributed by atoms with Gasteiger partial charge in [0.15, 0.2) is 0 Å². The third-order valence-electron chi connectivity index (χ3n) is 4.08. The van der Waals surface area contributed by atoms with Crippen LogP contribution in [-0.2, 0) is 13.6 Å². The molecule has 0 spiro atoms. The molecule has 0 unspecified atom stereocenters. The average molecular weight is 298 g/mol. The molecule has 0 saturated carbocycles. The molecule has 1 saturated heterocycles. The van der Waals surface area contributed by atoms with Crippen LogP contribution in [-0.4, -0.2) is 51.7 Å². The average Bonchev–Trinajstić information content (AvgIpc) is 2.94. The standard InChI is InChI=1S/C17H22N4O/c1-14-4-3-5-15(12-14)13-20-8-10-21(11-9-20)17(22)16-6-7-19(2)18-16/h3-7,12H,8-11,13H2,1-2H3.